The van der Waals surface area contributed by atoms with Crippen LogP contribution in [0.3, 0.4) is 0 Å². The van der Waals surface area contributed by atoms with Gasteiger partial charge in [-0.05, 0) is 48.9 Å². The monoisotopic (exact) mass is 481 g/mol. The average molecular weight is 482 g/mol. The fourth-order valence-corrected chi connectivity index (χ4v) is 4.45. The molecule has 2 aromatic carbocycles. The first-order valence-corrected chi connectivity index (χ1v) is 11.4. The molecular formula is C20H24BrN3O4S. The molecule has 0 aliphatic carbocycles. The second-order valence-corrected chi connectivity index (χ2v) is 9.10. The number of halogens is 1. The van der Waals surface area contributed by atoms with E-state index in [1.165, 1.54) is 28.6 Å². The Morgan fingerprint density at radius 3 is 2.38 bits per heavy atom. The maximum atomic E-state index is 12.6. The lowest BCUT2D eigenvalue weighted by Crippen LogP contribution is -2.33. The van der Waals surface area contributed by atoms with Crippen molar-refractivity contribution in [2.45, 2.75) is 25.7 Å². The Kier molecular flexibility index (Phi) is 7.95. The highest BCUT2D eigenvalue weighted by molar-refractivity contribution is 9.10. The van der Waals surface area contributed by atoms with Crippen molar-refractivity contribution in [1.29, 1.82) is 0 Å². The predicted octanol–water partition coefficient (Wildman–Crippen LogP) is 3.16. The first kappa shape index (κ1) is 23.1. The van der Waals surface area contributed by atoms with Crippen LogP contribution in [0.5, 0.6) is 0 Å². The van der Waals surface area contributed by atoms with Gasteiger partial charge in [0, 0.05) is 28.8 Å². The molecule has 2 aromatic rings. The van der Waals surface area contributed by atoms with Crippen LogP contribution in [0.1, 0.15) is 29.8 Å². The number of rotatable bonds is 8. The van der Waals surface area contributed by atoms with Gasteiger partial charge in [0.15, 0.2) is 0 Å². The molecular weight excluding hydrogens is 458 g/mol. The molecule has 0 radical (unpaired) electrons. The van der Waals surface area contributed by atoms with Gasteiger partial charge in [-0.1, -0.05) is 35.8 Å². The minimum atomic E-state index is -3.67. The van der Waals surface area contributed by atoms with Crippen LogP contribution >= 0.6 is 15.9 Å². The van der Waals surface area contributed by atoms with Crippen molar-refractivity contribution < 1.29 is 18.0 Å². The lowest BCUT2D eigenvalue weighted by Gasteiger charge is -2.18. The average Bonchev–Trinajstić information content (AvgIpc) is 2.69. The van der Waals surface area contributed by atoms with Crippen LogP contribution in [-0.2, 0) is 14.8 Å². The Hall–Kier alpha value is -2.23. The van der Waals surface area contributed by atoms with Crippen LogP contribution in [0.15, 0.2) is 51.8 Å². The van der Waals surface area contributed by atoms with E-state index in [0.29, 0.717) is 18.8 Å². The molecule has 0 saturated carbocycles. The fraction of sp³-hybridized carbons (Fsp3) is 0.300. The normalized spacial score (nSPS) is 11.3. The predicted molar refractivity (Wildman–Crippen MR) is 116 cm³/mol. The molecule has 0 unspecified atom stereocenters. The number of hydrogen-bond donors (Lipinski definition) is 2. The zero-order valence-electron chi connectivity index (χ0n) is 16.5. The zero-order chi connectivity index (χ0) is 21.6. The van der Waals surface area contributed by atoms with Gasteiger partial charge in [0.1, 0.15) is 0 Å². The summed E-state index contributed by atoms with van der Waals surface area (Å²) in [4.78, 5) is 24.5. The molecule has 0 atom stereocenters. The standard InChI is InChI=1S/C20H24BrN3O4S/c1-4-24(5-2)29(27,28)17-8-6-7-15(12-17)20(26)22-13-19(25)23-16-9-10-18(21)14(3)11-16/h6-12H,4-5,13H2,1-3H3,(H,22,26)(H,23,25). The molecule has 0 heterocycles. The number of carbonyl (C=O) groups is 2. The van der Waals surface area contributed by atoms with Gasteiger partial charge >= 0.3 is 0 Å². The summed E-state index contributed by atoms with van der Waals surface area (Å²) in [6.45, 7) is 5.85. The van der Waals surface area contributed by atoms with Crippen LogP contribution in [0.2, 0.25) is 0 Å². The van der Waals surface area contributed by atoms with Crippen molar-refractivity contribution >= 4 is 43.5 Å². The molecule has 0 aliphatic heterocycles. The van der Waals surface area contributed by atoms with Crippen molar-refractivity contribution in [1.82, 2.24) is 9.62 Å². The number of aryl methyl sites for hydroxylation is 1. The van der Waals surface area contributed by atoms with Gasteiger partial charge in [-0.25, -0.2) is 8.42 Å². The topological polar surface area (TPSA) is 95.6 Å². The lowest BCUT2D eigenvalue weighted by molar-refractivity contribution is -0.115. The second kappa shape index (κ2) is 10.00. The van der Waals surface area contributed by atoms with Gasteiger partial charge in [-0.3, -0.25) is 9.59 Å². The van der Waals surface area contributed by atoms with Gasteiger partial charge in [-0.15, -0.1) is 0 Å². The SMILES string of the molecule is CCN(CC)S(=O)(=O)c1cccc(C(=O)NCC(=O)Nc2ccc(Br)c(C)c2)c1. The first-order chi connectivity index (χ1) is 13.7. The van der Waals surface area contributed by atoms with Gasteiger partial charge in [0.05, 0.1) is 11.4 Å². The summed E-state index contributed by atoms with van der Waals surface area (Å²) in [5.74, 6) is -0.907. The van der Waals surface area contributed by atoms with Crippen LogP contribution in [-0.4, -0.2) is 44.2 Å². The Balaban J connectivity index is 2.04. The van der Waals surface area contributed by atoms with Crippen LogP contribution < -0.4 is 10.6 Å². The molecule has 156 valence electrons. The highest BCUT2D eigenvalue weighted by Gasteiger charge is 2.22. The maximum absolute atomic E-state index is 12.6. The molecule has 7 nitrogen and oxygen atoms in total. The Morgan fingerprint density at radius 2 is 1.76 bits per heavy atom. The number of anilines is 1. The van der Waals surface area contributed by atoms with Crippen LogP contribution in [0.4, 0.5) is 5.69 Å². The highest BCUT2D eigenvalue weighted by atomic mass is 79.9. The largest absolute Gasteiger partial charge is 0.343 e. The lowest BCUT2D eigenvalue weighted by atomic mass is 10.2. The molecule has 2 N–H and O–H groups in total. The summed E-state index contributed by atoms with van der Waals surface area (Å²) in [5.41, 5.74) is 1.76. The summed E-state index contributed by atoms with van der Waals surface area (Å²) < 4.78 is 27.5. The summed E-state index contributed by atoms with van der Waals surface area (Å²) >= 11 is 3.39. The van der Waals surface area contributed by atoms with Gasteiger partial charge in [-0.2, -0.15) is 4.31 Å². The van der Waals surface area contributed by atoms with Crippen molar-refractivity contribution in [3.8, 4) is 0 Å². The van der Waals surface area contributed by atoms with E-state index in [0.717, 1.165) is 10.0 Å². The minimum Gasteiger partial charge on any atom is -0.343 e. The van der Waals surface area contributed by atoms with E-state index >= 15 is 0 Å². The summed E-state index contributed by atoms with van der Waals surface area (Å²) in [6, 6.07) is 11.2. The van der Waals surface area contributed by atoms with Crippen molar-refractivity contribution in [3.05, 3.63) is 58.1 Å². The van der Waals surface area contributed by atoms with E-state index in [2.05, 4.69) is 26.6 Å². The number of sulfonamides is 1. The molecule has 0 spiro atoms. The smallest absolute Gasteiger partial charge is 0.251 e. The number of amides is 2. The van der Waals surface area contributed by atoms with Gasteiger partial charge in [0.25, 0.3) is 5.91 Å². The van der Waals surface area contributed by atoms with Crippen molar-refractivity contribution in [2.24, 2.45) is 0 Å². The molecule has 0 saturated heterocycles. The number of carbonyl (C=O) groups excluding carboxylic acids is 2. The van der Waals surface area contributed by atoms with Crippen molar-refractivity contribution in [3.63, 3.8) is 0 Å². The first-order valence-electron chi connectivity index (χ1n) is 9.13. The van der Waals surface area contributed by atoms with E-state index in [1.54, 1.807) is 19.9 Å². The molecule has 0 aliphatic rings. The molecule has 0 aromatic heterocycles. The third-order valence-corrected chi connectivity index (χ3v) is 7.23. The van der Waals surface area contributed by atoms with Gasteiger partial charge in [0.2, 0.25) is 15.9 Å². The van der Waals surface area contributed by atoms with E-state index in [-0.39, 0.29) is 22.9 Å². The molecule has 0 bridgehead atoms. The zero-order valence-corrected chi connectivity index (χ0v) is 18.9. The number of nitrogens with zero attached hydrogens (tertiary/aromatic N) is 1. The fourth-order valence-electron chi connectivity index (χ4n) is 2.70. The van der Waals surface area contributed by atoms with E-state index in [4.69, 9.17) is 0 Å². The summed E-state index contributed by atoms with van der Waals surface area (Å²) in [7, 11) is -3.67. The quantitative estimate of drug-likeness (QED) is 0.605. The second-order valence-electron chi connectivity index (χ2n) is 6.31. The van der Waals surface area contributed by atoms with E-state index < -0.39 is 15.9 Å². The molecule has 0 fully saturated rings. The molecule has 9 heteroatoms. The third-order valence-electron chi connectivity index (χ3n) is 4.29. The van der Waals surface area contributed by atoms with Crippen molar-refractivity contribution in [2.75, 3.05) is 25.0 Å². The number of hydrogen-bond acceptors (Lipinski definition) is 4. The van der Waals surface area contributed by atoms with E-state index in [1.807, 2.05) is 19.1 Å². The summed E-state index contributed by atoms with van der Waals surface area (Å²) in [5, 5.41) is 5.22. The molecule has 2 rings (SSSR count). The molecule has 2 amide bonds. The highest BCUT2D eigenvalue weighted by Crippen LogP contribution is 2.20. The van der Waals surface area contributed by atoms with Gasteiger partial charge < -0.3 is 10.6 Å². The minimum absolute atomic E-state index is 0.0450. The number of nitrogens with one attached hydrogen (secondary N) is 2. The Morgan fingerprint density at radius 1 is 1.07 bits per heavy atom. The Bertz CT molecular complexity index is 1000. The maximum Gasteiger partial charge on any atom is 0.251 e. The Labute approximate surface area is 179 Å². The number of benzene rings is 2. The molecule has 29 heavy (non-hydrogen) atoms. The van der Waals surface area contributed by atoms with E-state index in [9.17, 15) is 18.0 Å². The summed E-state index contributed by atoms with van der Waals surface area (Å²) in [6.07, 6.45) is 0. The van der Waals surface area contributed by atoms with Crippen LogP contribution in [0, 0.1) is 6.92 Å². The third kappa shape index (κ3) is 5.88. The van der Waals surface area contributed by atoms with Crippen LogP contribution in [0.25, 0.3) is 0 Å².